The first-order valence-corrected chi connectivity index (χ1v) is 30.0. The highest BCUT2D eigenvalue weighted by molar-refractivity contribution is 7.27. The molecule has 77 heavy (non-hydrogen) atoms. The summed E-state index contributed by atoms with van der Waals surface area (Å²) in [6, 6.07) is 91.0. The van der Waals surface area contributed by atoms with E-state index in [1.165, 1.54) is 124 Å². The molecule has 15 rings (SSSR count). The van der Waals surface area contributed by atoms with E-state index in [2.05, 4.69) is 286 Å². The van der Waals surface area contributed by atoms with Gasteiger partial charge >= 0.3 is 0 Å². The first kappa shape index (κ1) is 46.2. The van der Waals surface area contributed by atoms with Gasteiger partial charge in [0.15, 0.2) is 8.07 Å². The van der Waals surface area contributed by atoms with Gasteiger partial charge in [-0.1, -0.05) is 223 Å². The fourth-order valence-corrected chi connectivity index (χ4v) is 20.5. The van der Waals surface area contributed by atoms with Crippen molar-refractivity contribution in [2.45, 2.75) is 76.7 Å². The lowest BCUT2D eigenvalue weighted by molar-refractivity contribution is 0.195. The van der Waals surface area contributed by atoms with Gasteiger partial charge in [-0.05, 0) is 150 Å². The van der Waals surface area contributed by atoms with Gasteiger partial charge in [0.2, 0.25) is 0 Å². The standard InChI is InChI=1S/C72H62BN3Si/c1-70(2,3)53-38-43-60-59(46-53)71(4)44-18-19-45-72(71,5)76(60)56-47-63-67-64(48-56)75(55-41-36-52(37-42-55)50-24-12-7-13-25-50)62-31-21-33-66-69(62)73(67)68-61(74(63)54-39-34-51(35-40-54)49-22-10-6-11-23-49)30-20-32-65(68)77(66,57-26-14-8-15-27-57)58-28-16-9-17-29-58/h6-17,20-43,46-48H,18-19,44-45H2,1-5H3. The zero-order valence-electron chi connectivity index (χ0n) is 44.8. The van der Waals surface area contributed by atoms with Crippen LogP contribution in [0.15, 0.2) is 237 Å². The van der Waals surface area contributed by atoms with Gasteiger partial charge in [0.25, 0.3) is 6.71 Å². The molecular weight excluding hydrogens is 946 g/mol. The average Bonchev–Trinajstić information content (AvgIpc) is 3.92. The molecule has 0 bridgehead atoms. The second-order valence-electron chi connectivity index (χ2n) is 23.9. The summed E-state index contributed by atoms with van der Waals surface area (Å²) in [6.07, 6.45) is 4.74. The Kier molecular flexibility index (Phi) is 10.2. The van der Waals surface area contributed by atoms with Crippen molar-refractivity contribution in [1.29, 1.82) is 0 Å². The van der Waals surface area contributed by atoms with Crippen LogP contribution in [0, 0.1) is 0 Å². The van der Waals surface area contributed by atoms with E-state index in [1.807, 2.05) is 0 Å². The molecule has 0 radical (unpaired) electrons. The van der Waals surface area contributed by atoms with Crippen LogP contribution in [-0.4, -0.2) is 20.3 Å². The molecule has 10 aromatic carbocycles. The summed E-state index contributed by atoms with van der Waals surface area (Å²) in [5.41, 5.74) is 21.8. The van der Waals surface area contributed by atoms with Gasteiger partial charge in [-0.3, -0.25) is 0 Å². The summed E-state index contributed by atoms with van der Waals surface area (Å²) >= 11 is 0. The quantitative estimate of drug-likeness (QED) is 0.147. The molecular formula is C72H62BN3Si. The number of fused-ring (bicyclic) bond motifs is 3. The van der Waals surface area contributed by atoms with Crippen LogP contribution in [0.2, 0.25) is 0 Å². The van der Waals surface area contributed by atoms with Crippen molar-refractivity contribution in [3.63, 3.8) is 0 Å². The van der Waals surface area contributed by atoms with E-state index in [0.717, 1.165) is 17.8 Å². The minimum Gasteiger partial charge on any atom is -0.334 e. The lowest BCUT2D eigenvalue weighted by atomic mass is 9.33. The minimum absolute atomic E-state index is 0.00470. The second kappa shape index (κ2) is 16.9. The molecule has 10 aromatic rings. The van der Waals surface area contributed by atoms with Crippen molar-refractivity contribution in [2.24, 2.45) is 0 Å². The van der Waals surface area contributed by atoms with E-state index in [0.29, 0.717) is 0 Å². The van der Waals surface area contributed by atoms with Crippen molar-refractivity contribution >= 4 is 97.4 Å². The summed E-state index contributed by atoms with van der Waals surface area (Å²) in [5, 5.41) is 5.76. The smallest absolute Gasteiger partial charge is 0.251 e. The second-order valence-corrected chi connectivity index (χ2v) is 27.6. The zero-order valence-corrected chi connectivity index (χ0v) is 45.8. The Morgan fingerprint density at radius 2 is 0.857 bits per heavy atom. The Hall–Kier alpha value is -8.12. The molecule has 5 aliphatic rings. The van der Waals surface area contributed by atoms with E-state index in [1.54, 1.807) is 0 Å². The number of benzene rings is 10. The minimum atomic E-state index is -3.01. The van der Waals surface area contributed by atoms with E-state index < -0.39 is 8.07 Å². The number of anilines is 8. The number of nitrogens with zero attached hydrogens (tertiary/aromatic N) is 3. The average molecular weight is 1010 g/mol. The normalized spacial score (nSPS) is 19.1. The van der Waals surface area contributed by atoms with Gasteiger partial charge in [0.1, 0.15) is 0 Å². The third-order valence-electron chi connectivity index (χ3n) is 19.0. The summed E-state index contributed by atoms with van der Waals surface area (Å²) in [7, 11) is -3.01. The fraction of sp³-hybridized carbons (Fsp3) is 0.167. The number of hydrogen-bond donors (Lipinski definition) is 0. The molecule has 0 saturated heterocycles. The van der Waals surface area contributed by atoms with Gasteiger partial charge in [-0.2, -0.15) is 0 Å². The SMILES string of the molecule is CC(C)(C)c1ccc2c(c1)C1(C)CCCCC1(C)N2c1cc2c3c(c1)N(c1ccc(-c4ccccc4)cc1)c1cccc4c1B3c1c(cccc1[Si]4(c1ccccc1)c1ccccc1)N2c1ccc(-c2ccccc2)cc1. The van der Waals surface area contributed by atoms with E-state index in [-0.39, 0.29) is 23.1 Å². The maximum absolute atomic E-state index is 3.01. The van der Waals surface area contributed by atoms with E-state index in [9.17, 15) is 0 Å². The van der Waals surface area contributed by atoms with Crippen molar-refractivity contribution < 1.29 is 0 Å². The van der Waals surface area contributed by atoms with E-state index in [4.69, 9.17) is 0 Å². The molecule has 1 fully saturated rings. The van der Waals surface area contributed by atoms with Crippen molar-refractivity contribution in [2.75, 3.05) is 14.7 Å². The lowest BCUT2D eigenvalue weighted by Crippen LogP contribution is -2.88. The number of rotatable bonds is 7. The Labute approximate surface area is 456 Å². The highest BCUT2D eigenvalue weighted by Gasteiger charge is 2.60. The molecule has 2 atom stereocenters. The van der Waals surface area contributed by atoms with Crippen LogP contribution < -0.4 is 51.8 Å². The van der Waals surface area contributed by atoms with Crippen molar-refractivity contribution in [3.8, 4) is 22.3 Å². The highest BCUT2D eigenvalue weighted by atomic mass is 28.3. The van der Waals surface area contributed by atoms with Gasteiger partial charge in [0, 0.05) is 50.9 Å². The molecule has 4 heterocycles. The van der Waals surface area contributed by atoms with Crippen LogP contribution in [0.5, 0.6) is 0 Å². The Morgan fingerprint density at radius 3 is 1.34 bits per heavy atom. The van der Waals surface area contributed by atoms with E-state index >= 15 is 0 Å². The molecule has 5 heteroatoms. The Bertz CT molecular complexity index is 3740. The monoisotopic (exact) mass is 1010 g/mol. The van der Waals surface area contributed by atoms with Crippen LogP contribution in [-0.2, 0) is 10.8 Å². The molecule has 1 aliphatic carbocycles. The third-order valence-corrected chi connectivity index (χ3v) is 23.9. The number of hydrogen-bond acceptors (Lipinski definition) is 3. The van der Waals surface area contributed by atoms with Gasteiger partial charge in [-0.25, -0.2) is 0 Å². The molecule has 0 amide bonds. The van der Waals surface area contributed by atoms with Gasteiger partial charge < -0.3 is 14.7 Å². The molecule has 0 aromatic heterocycles. The van der Waals surface area contributed by atoms with Gasteiger partial charge in [0.05, 0.1) is 5.54 Å². The Balaban J connectivity index is 1.07. The van der Waals surface area contributed by atoms with Crippen LogP contribution in [0.25, 0.3) is 22.3 Å². The first-order valence-electron chi connectivity index (χ1n) is 28.0. The summed E-state index contributed by atoms with van der Waals surface area (Å²) in [6.45, 7) is 12.3. The molecule has 3 nitrogen and oxygen atoms in total. The fourth-order valence-electron chi connectivity index (χ4n) is 15.2. The van der Waals surface area contributed by atoms with Crippen LogP contribution >= 0.6 is 0 Å². The predicted molar refractivity (Wildman–Crippen MR) is 330 cm³/mol. The van der Waals surface area contributed by atoms with Crippen LogP contribution in [0.4, 0.5) is 45.5 Å². The molecule has 0 spiro atoms. The Morgan fingerprint density at radius 1 is 0.403 bits per heavy atom. The van der Waals surface area contributed by atoms with Crippen molar-refractivity contribution in [3.05, 3.63) is 248 Å². The third kappa shape index (κ3) is 6.50. The summed E-state index contributed by atoms with van der Waals surface area (Å²) in [4.78, 5) is 8.15. The molecule has 1 saturated carbocycles. The zero-order chi connectivity index (χ0) is 51.8. The largest absolute Gasteiger partial charge is 0.334 e. The lowest BCUT2D eigenvalue weighted by Gasteiger charge is -2.53. The first-order chi connectivity index (χ1) is 37.6. The molecule has 0 N–H and O–H groups in total. The van der Waals surface area contributed by atoms with Crippen LogP contribution in [0.3, 0.4) is 0 Å². The maximum atomic E-state index is 2.82. The molecule has 4 aliphatic heterocycles. The molecule has 372 valence electrons. The predicted octanol–water partition coefficient (Wildman–Crippen LogP) is 13.8. The summed E-state index contributed by atoms with van der Waals surface area (Å²) < 4.78 is 0. The highest BCUT2D eigenvalue weighted by Crippen LogP contribution is 2.62. The topological polar surface area (TPSA) is 9.72 Å². The maximum Gasteiger partial charge on any atom is 0.251 e. The van der Waals surface area contributed by atoms with Crippen molar-refractivity contribution in [1.82, 2.24) is 0 Å². The molecule has 2 unspecified atom stereocenters. The van der Waals surface area contributed by atoms with Crippen LogP contribution in [0.1, 0.15) is 71.4 Å². The van der Waals surface area contributed by atoms with Gasteiger partial charge in [-0.15, -0.1) is 0 Å². The summed E-state index contributed by atoms with van der Waals surface area (Å²) in [5.74, 6) is 0.